The first kappa shape index (κ1) is 12.3. The zero-order valence-corrected chi connectivity index (χ0v) is 10.7. The molecule has 0 aliphatic heterocycles. The van der Waals surface area contributed by atoms with Gasteiger partial charge in [0.1, 0.15) is 0 Å². The van der Waals surface area contributed by atoms with Gasteiger partial charge in [-0.05, 0) is 38.6 Å². The SMILES string of the molecule is COC1CC(CN)(N(C)CC2CCCC2)C1. The number of rotatable bonds is 5. The topological polar surface area (TPSA) is 38.5 Å². The molecule has 2 aliphatic rings. The van der Waals surface area contributed by atoms with Gasteiger partial charge in [0.25, 0.3) is 0 Å². The lowest BCUT2D eigenvalue weighted by Gasteiger charge is -2.52. The number of methoxy groups -OCH3 is 1. The highest BCUT2D eigenvalue weighted by Gasteiger charge is 2.46. The molecule has 0 radical (unpaired) electrons. The number of nitrogens with two attached hydrogens (primary N) is 1. The minimum absolute atomic E-state index is 0.239. The molecule has 2 aliphatic carbocycles. The molecule has 2 rings (SSSR count). The van der Waals surface area contributed by atoms with Crippen molar-refractivity contribution in [1.82, 2.24) is 4.90 Å². The average Bonchev–Trinajstić information content (AvgIpc) is 2.70. The highest BCUT2D eigenvalue weighted by molar-refractivity contribution is 5.03. The van der Waals surface area contributed by atoms with Crippen LogP contribution in [0.1, 0.15) is 38.5 Å². The molecule has 0 amide bonds. The summed E-state index contributed by atoms with van der Waals surface area (Å²) in [6.45, 7) is 2.00. The minimum atomic E-state index is 0.239. The summed E-state index contributed by atoms with van der Waals surface area (Å²) in [5, 5.41) is 0. The van der Waals surface area contributed by atoms with Crippen molar-refractivity contribution in [2.24, 2.45) is 11.7 Å². The first-order chi connectivity index (χ1) is 7.70. The van der Waals surface area contributed by atoms with Crippen LogP contribution >= 0.6 is 0 Å². The monoisotopic (exact) mass is 226 g/mol. The second kappa shape index (κ2) is 5.03. The van der Waals surface area contributed by atoms with Gasteiger partial charge in [-0.15, -0.1) is 0 Å². The van der Waals surface area contributed by atoms with Gasteiger partial charge in [0.15, 0.2) is 0 Å². The summed E-state index contributed by atoms with van der Waals surface area (Å²) in [5.41, 5.74) is 6.20. The van der Waals surface area contributed by atoms with E-state index in [-0.39, 0.29) is 5.54 Å². The maximum atomic E-state index is 5.96. The molecule has 0 aromatic carbocycles. The Bertz CT molecular complexity index is 220. The van der Waals surface area contributed by atoms with Gasteiger partial charge in [0.05, 0.1) is 6.10 Å². The summed E-state index contributed by atoms with van der Waals surface area (Å²) in [7, 11) is 4.05. The molecule has 16 heavy (non-hydrogen) atoms. The van der Waals surface area contributed by atoms with Crippen molar-refractivity contribution in [3.05, 3.63) is 0 Å². The van der Waals surface area contributed by atoms with Crippen molar-refractivity contribution in [3.8, 4) is 0 Å². The van der Waals surface area contributed by atoms with Crippen LogP contribution in [0.15, 0.2) is 0 Å². The molecule has 0 spiro atoms. The fraction of sp³-hybridized carbons (Fsp3) is 1.00. The summed E-state index contributed by atoms with van der Waals surface area (Å²) in [6.07, 6.45) is 8.35. The van der Waals surface area contributed by atoms with E-state index in [0.29, 0.717) is 6.10 Å². The third-order valence-corrected chi connectivity index (χ3v) is 4.75. The first-order valence-electron chi connectivity index (χ1n) is 6.64. The third kappa shape index (κ3) is 2.27. The Morgan fingerprint density at radius 3 is 2.44 bits per heavy atom. The van der Waals surface area contributed by atoms with Gasteiger partial charge in [-0.3, -0.25) is 4.90 Å². The number of ether oxygens (including phenoxy) is 1. The third-order valence-electron chi connectivity index (χ3n) is 4.75. The molecule has 94 valence electrons. The van der Waals surface area contributed by atoms with E-state index in [2.05, 4.69) is 11.9 Å². The zero-order chi connectivity index (χ0) is 11.6. The molecule has 3 nitrogen and oxygen atoms in total. The van der Waals surface area contributed by atoms with E-state index in [1.165, 1.54) is 32.2 Å². The molecule has 0 bridgehead atoms. The van der Waals surface area contributed by atoms with Gasteiger partial charge < -0.3 is 10.5 Å². The summed E-state index contributed by atoms with van der Waals surface area (Å²) in [6, 6.07) is 0. The van der Waals surface area contributed by atoms with Gasteiger partial charge in [0.2, 0.25) is 0 Å². The molecule has 0 unspecified atom stereocenters. The van der Waals surface area contributed by atoms with Crippen molar-refractivity contribution in [1.29, 1.82) is 0 Å². The van der Waals surface area contributed by atoms with Crippen molar-refractivity contribution < 1.29 is 4.74 Å². The van der Waals surface area contributed by atoms with E-state index < -0.39 is 0 Å². The van der Waals surface area contributed by atoms with Crippen LogP contribution in [-0.4, -0.2) is 43.8 Å². The van der Waals surface area contributed by atoms with Crippen LogP contribution in [-0.2, 0) is 4.74 Å². The summed E-state index contributed by atoms with van der Waals surface area (Å²) in [5.74, 6) is 0.912. The minimum Gasteiger partial charge on any atom is -0.381 e. The van der Waals surface area contributed by atoms with Gasteiger partial charge >= 0.3 is 0 Å². The summed E-state index contributed by atoms with van der Waals surface area (Å²) in [4.78, 5) is 2.51. The van der Waals surface area contributed by atoms with Crippen LogP contribution in [0.4, 0.5) is 0 Å². The Kier molecular flexibility index (Phi) is 3.88. The van der Waals surface area contributed by atoms with E-state index in [1.54, 1.807) is 0 Å². The normalized spacial score (nSPS) is 35.6. The Morgan fingerprint density at radius 1 is 1.31 bits per heavy atom. The largest absolute Gasteiger partial charge is 0.381 e. The van der Waals surface area contributed by atoms with Crippen LogP contribution in [0, 0.1) is 5.92 Å². The molecule has 0 saturated heterocycles. The summed E-state index contributed by atoms with van der Waals surface area (Å²) < 4.78 is 5.38. The molecule has 2 saturated carbocycles. The Labute approximate surface area is 99.3 Å². The quantitative estimate of drug-likeness (QED) is 0.774. The van der Waals surface area contributed by atoms with E-state index in [9.17, 15) is 0 Å². The van der Waals surface area contributed by atoms with Gasteiger partial charge in [-0.2, -0.15) is 0 Å². The second-order valence-corrected chi connectivity index (χ2v) is 5.73. The first-order valence-corrected chi connectivity index (χ1v) is 6.64. The second-order valence-electron chi connectivity index (χ2n) is 5.73. The molecule has 2 fully saturated rings. The van der Waals surface area contributed by atoms with E-state index >= 15 is 0 Å². The number of nitrogens with zero attached hydrogens (tertiary/aromatic N) is 1. The smallest absolute Gasteiger partial charge is 0.0607 e. The van der Waals surface area contributed by atoms with Crippen molar-refractivity contribution in [2.45, 2.75) is 50.2 Å². The van der Waals surface area contributed by atoms with Crippen molar-refractivity contribution in [3.63, 3.8) is 0 Å². The summed E-state index contributed by atoms with van der Waals surface area (Å²) >= 11 is 0. The lowest BCUT2D eigenvalue weighted by molar-refractivity contribution is -0.0818. The van der Waals surface area contributed by atoms with Gasteiger partial charge in [-0.1, -0.05) is 12.8 Å². The van der Waals surface area contributed by atoms with Crippen LogP contribution in [0.5, 0.6) is 0 Å². The lowest BCUT2D eigenvalue weighted by Crippen LogP contribution is -2.63. The van der Waals surface area contributed by atoms with E-state index in [1.807, 2.05) is 7.11 Å². The molecule has 0 atom stereocenters. The number of hydrogen-bond acceptors (Lipinski definition) is 3. The number of hydrogen-bond donors (Lipinski definition) is 1. The highest BCUT2D eigenvalue weighted by atomic mass is 16.5. The molecule has 2 N–H and O–H groups in total. The highest BCUT2D eigenvalue weighted by Crippen LogP contribution is 2.39. The lowest BCUT2D eigenvalue weighted by atomic mass is 9.72. The molecule has 0 aromatic rings. The maximum absolute atomic E-state index is 5.96. The van der Waals surface area contributed by atoms with E-state index in [0.717, 1.165) is 25.3 Å². The standard InChI is InChI=1S/C13H26N2O/c1-15(9-11-5-3-4-6-11)13(10-14)7-12(8-13)16-2/h11-12H,3-10,14H2,1-2H3. The fourth-order valence-corrected chi connectivity index (χ4v) is 3.36. The zero-order valence-electron chi connectivity index (χ0n) is 10.7. The molecule has 0 heterocycles. The van der Waals surface area contributed by atoms with E-state index in [4.69, 9.17) is 10.5 Å². The molecular formula is C13H26N2O. The Hall–Kier alpha value is -0.120. The fourth-order valence-electron chi connectivity index (χ4n) is 3.36. The predicted octanol–water partition coefficient (Wildman–Crippen LogP) is 1.61. The van der Waals surface area contributed by atoms with Crippen LogP contribution < -0.4 is 5.73 Å². The van der Waals surface area contributed by atoms with Crippen LogP contribution in [0.25, 0.3) is 0 Å². The molecular weight excluding hydrogens is 200 g/mol. The van der Waals surface area contributed by atoms with Crippen LogP contribution in [0.2, 0.25) is 0 Å². The predicted molar refractivity (Wildman–Crippen MR) is 66.4 cm³/mol. The average molecular weight is 226 g/mol. The van der Waals surface area contributed by atoms with Gasteiger partial charge in [-0.25, -0.2) is 0 Å². The van der Waals surface area contributed by atoms with Crippen molar-refractivity contribution >= 4 is 0 Å². The Morgan fingerprint density at radius 2 is 1.94 bits per heavy atom. The van der Waals surface area contributed by atoms with Crippen LogP contribution in [0.3, 0.4) is 0 Å². The Balaban J connectivity index is 1.84. The number of likely N-dealkylation sites (N-methyl/N-ethyl adjacent to an activating group) is 1. The molecule has 0 aromatic heterocycles. The van der Waals surface area contributed by atoms with Gasteiger partial charge in [0, 0.05) is 25.7 Å². The van der Waals surface area contributed by atoms with Crippen molar-refractivity contribution in [2.75, 3.05) is 27.2 Å². The molecule has 3 heteroatoms. The maximum Gasteiger partial charge on any atom is 0.0607 e.